The van der Waals surface area contributed by atoms with Gasteiger partial charge in [-0.1, -0.05) is 0 Å². The number of hydrogen-bond acceptors (Lipinski definition) is 5. The van der Waals surface area contributed by atoms with E-state index in [0.29, 0.717) is 30.4 Å². The largest absolute Gasteiger partial charge is 0.351 e. The summed E-state index contributed by atoms with van der Waals surface area (Å²) in [5.41, 5.74) is 1.63. The van der Waals surface area contributed by atoms with E-state index in [0.717, 1.165) is 12.8 Å². The third-order valence-electron chi connectivity index (χ3n) is 3.54. The monoisotopic (exact) mass is 317 g/mol. The first-order valence-electron chi connectivity index (χ1n) is 6.67. The smallest absolute Gasteiger partial charge is 0.263 e. The summed E-state index contributed by atoms with van der Waals surface area (Å²) in [4.78, 5) is 16.2. The molecule has 0 spiro atoms. The van der Waals surface area contributed by atoms with Crippen LogP contribution in [0.25, 0.3) is 0 Å². The molecule has 0 aromatic carbocycles. The molecule has 1 aromatic rings. The first-order chi connectivity index (χ1) is 9.53. The number of nitrogens with zero attached hydrogens (tertiary/aromatic N) is 2. The average molecular weight is 317 g/mol. The van der Waals surface area contributed by atoms with Crippen molar-refractivity contribution in [3.8, 4) is 0 Å². The molecular weight excluding hydrogens is 298 g/mol. The van der Waals surface area contributed by atoms with Gasteiger partial charge in [0.1, 0.15) is 4.88 Å². The van der Waals surface area contributed by atoms with E-state index in [1.807, 2.05) is 0 Å². The fraction of sp³-hybridized carbons (Fsp3) is 0.667. The fourth-order valence-electron chi connectivity index (χ4n) is 2.23. The molecular formula is C12H19N3O3S2. The zero-order chi connectivity index (χ0) is 14.6. The topological polar surface area (TPSA) is 79.4 Å². The van der Waals surface area contributed by atoms with Crippen LogP contribution in [-0.2, 0) is 10.0 Å². The van der Waals surface area contributed by atoms with E-state index in [1.165, 1.54) is 11.3 Å². The average Bonchev–Trinajstić information content (AvgIpc) is 2.99. The van der Waals surface area contributed by atoms with Crippen molar-refractivity contribution in [1.82, 2.24) is 14.6 Å². The van der Waals surface area contributed by atoms with E-state index < -0.39 is 10.0 Å². The van der Waals surface area contributed by atoms with Gasteiger partial charge in [0, 0.05) is 19.6 Å². The zero-order valence-electron chi connectivity index (χ0n) is 11.4. The van der Waals surface area contributed by atoms with E-state index in [2.05, 4.69) is 10.3 Å². The second-order valence-electron chi connectivity index (χ2n) is 4.82. The molecule has 0 saturated carbocycles. The quantitative estimate of drug-likeness (QED) is 0.876. The molecule has 6 nitrogen and oxygen atoms in total. The van der Waals surface area contributed by atoms with Gasteiger partial charge in [-0.2, -0.15) is 0 Å². The van der Waals surface area contributed by atoms with Gasteiger partial charge in [-0.15, -0.1) is 11.3 Å². The minimum absolute atomic E-state index is 0.101. The zero-order valence-corrected chi connectivity index (χ0v) is 13.0. The molecule has 1 saturated heterocycles. The number of rotatable bonds is 5. The predicted octanol–water partition coefficient (Wildman–Crippen LogP) is 0.935. The number of amides is 1. The number of sulfonamides is 1. The van der Waals surface area contributed by atoms with E-state index in [9.17, 15) is 13.2 Å². The summed E-state index contributed by atoms with van der Waals surface area (Å²) in [7, 11) is -3.07. The molecule has 1 fully saturated rings. The molecule has 1 aliphatic rings. The molecule has 1 aromatic heterocycles. The Morgan fingerprint density at radius 3 is 2.75 bits per heavy atom. The Labute approximate surface area is 123 Å². The van der Waals surface area contributed by atoms with Crippen LogP contribution in [-0.4, -0.2) is 49.0 Å². The Morgan fingerprint density at radius 1 is 1.50 bits per heavy atom. The third-order valence-corrected chi connectivity index (χ3v) is 6.19. The first kappa shape index (κ1) is 15.4. The molecule has 8 heteroatoms. The summed E-state index contributed by atoms with van der Waals surface area (Å²) in [5, 5.41) is 2.89. The molecule has 0 bridgehead atoms. The number of carbonyl (C=O) groups is 1. The van der Waals surface area contributed by atoms with Crippen LogP contribution >= 0.6 is 11.3 Å². The Kier molecular flexibility index (Phi) is 5.11. The molecule has 0 aliphatic carbocycles. The van der Waals surface area contributed by atoms with Gasteiger partial charge in [0.2, 0.25) is 10.0 Å². The summed E-state index contributed by atoms with van der Waals surface area (Å²) in [6.45, 7) is 3.36. The Bertz CT molecular complexity index is 534. The minimum atomic E-state index is -3.07. The minimum Gasteiger partial charge on any atom is -0.351 e. The molecule has 1 aliphatic heterocycles. The second-order valence-corrected chi connectivity index (χ2v) is 7.96. The van der Waals surface area contributed by atoms with E-state index in [4.69, 9.17) is 0 Å². The van der Waals surface area contributed by atoms with Gasteiger partial charge >= 0.3 is 0 Å². The highest BCUT2D eigenvalue weighted by atomic mass is 32.2. The van der Waals surface area contributed by atoms with E-state index >= 15 is 0 Å². The van der Waals surface area contributed by atoms with Crippen molar-refractivity contribution in [1.29, 1.82) is 0 Å². The lowest BCUT2D eigenvalue weighted by molar-refractivity contribution is 0.0945. The summed E-state index contributed by atoms with van der Waals surface area (Å²) < 4.78 is 25.0. The number of carbonyl (C=O) groups excluding carboxylic acids is 1. The molecule has 0 radical (unpaired) electrons. The predicted molar refractivity (Wildman–Crippen MR) is 78.2 cm³/mol. The lowest BCUT2D eigenvalue weighted by Gasteiger charge is -2.30. The molecule has 0 unspecified atom stereocenters. The lowest BCUT2D eigenvalue weighted by Crippen LogP contribution is -2.42. The molecule has 112 valence electrons. The standard InChI is InChI=1S/C12H19N3O3S2/c1-2-20(17,18)15-5-3-10(4-6-15)7-14-12(16)11-8-13-9-19-11/h8-10H,2-7H2,1H3,(H,14,16). The van der Waals surface area contributed by atoms with Crippen LogP contribution in [0.4, 0.5) is 0 Å². The molecule has 0 atom stereocenters. The number of aromatic nitrogens is 1. The van der Waals surface area contributed by atoms with Crippen LogP contribution in [0.3, 0.4) is 0 Å². The SMILES string of the molecule is CCS(=O)(=O)N1CCC(CNC(=O)c2cncs2)CC1. The highest BCUT2D eigenvalue weighted by Crippen LogP contribution is 2.19. The summed E-state index contributed by atoms with van der Waals surface area (Å²) >= 11 is 1.31. The van der Waals surface area contributed by atoms with Crippen molar-refractivity contribution in [3.05, 3.63) is 16.6 Å². The highest BCUT2D eigenvalue weighted by Gasteiger charge is 2.26. The van der Waals surface area contributed by atoms with Crippen molar-refractivity contribution < 1.29 is 13.2 Å². The van der Waals surface area contributed by atoms with Crippen molar-refractivity contribution in [2.75, 3.05) is 25.4 Å². The van der Waals surface area contributed by atoms with Crippen LogP contribution < -0.4 is 5.32 Å². The van der Waals surface area contributed by atoms with Gasteiger partial charge < -0.3 is 5.32 Å². The summed E-state index contributed by atoms with van der Waals surface area (Å²) in [6, 6.07) is 0. The third kappa shape index (κ3) is 3.77. The van der Waals surface area contributed by atoms with Crippen molar-refractivity contribution >= 4 is 27.3 Å². The van der Waals surface area contributed by atoms with Crippen LogP contribution in [0.15, 0.2) is 11.7 Å². The van der Waals surface area contributed by atoms with Crippen molar-refractivity contribution in [3.63, 3.8) is 0 Å². The van der Waals surface area contributed by atoms with Gasteiger partial charge in [0.15, 0.2) is 0 Å². The van der Waals surface area contributed by atoms with Crippen molar-refractivity contribution in [2.24, 2.45) is 5.92 Å². The van der Waals surface area contributed by atoms with E-state index in [-0.39, 0.29) is 11.7 Å². The van der Waals surface area contributed by atoms with Gasteiger partial charge in [0.05, 0.1) is 17.5 Å². The maximum Gasteiger partial charge on any atom is 0.263 e. The van der Waals surface area contributed by atoms with Crippen LogP contribution in [0.5, 0.6) is 0 Å². The highest BCUT2D eigenvalue weighted by molar-refractivity contribution is 7.89. The number of nitrogens with one attached hydrogen (secondary N) is 1. The van der Waals surface area contributed by atoms with Crippen LogP contribution in [0.1, 0.15) is 29.4 Å². The molecule has 2 rings (SSSR count). The molecule has 20 heavy (non-hydrogen) atoms. The maximum atomic E-state index is 11.8. The number of piperidine rings is 1. The van der Waals surface area contributed by atoms with Gasteiger partial charge in [-0.25, -0.2) is 12.7 Å². The molecule has 1 N–H and O–H groups in total. The number of hydrogen-bond donors (Lipinski definition) is 1. The summed E-state index contributed by atoms with van der Waals surface area (Å²) in [5.74, 6) is 0.394. The Hall–Kier alpha value is -0.990. The molecule has 2 heterocycles. The Balaban J connectivity index is 1.76. The second kappa shape index (κ2) is 6.64. The number of thiazole rings is 1. The van der Waals surface area contributed by atoms with Crippen LogP contribution in [0.2, 0.25) is 0 Å². The Morgan fingerprint density at radius 2 is 2.20 bits per heavy atom. The van der Waals surface area contributed by atoms with Gasteiger partial charge in [-0.3, -0.25) is 9.78 Å². The summed E-state index contributed by atoms with van der Waals surface area (Å²) in [6.07, 6.45) is 3.14. The maximum absolute atomic E-state index is 11.8. The van der Waals surface area contributed by atoms with Crippen molar-refractivity contribution in [2.45, 2.75) is 19.8 Å². The van der Waals surface area contributed by atoms with E-state index in [1.54, 1.807) is 22.9 Å². The van der Waals surface area contributed by atoms with Crippen LogP contribution in [0, 0.1) is 5.92 Å². The normalized spacial score (nSPS) is 18.1. The van der Waals surface area contributed by atoms with Gasteiger partial charge in [-0.05, 0) is 25.7 Å². The fourth-order valence-corrected chi connectivity index (χ4v) is 3.89. The molecule has 1 amide bonds. The van der Waals surface area contributed by atoms with Gasteiger partial charge in [0.25, 0.3) is 5.91 Å². The lowest BCUT2D eigenvalue weighted by atomic mass is 9.98. The first-order valence-corrected chi connectivity index (χ1v) is 9.16.